The summed E-state index contributed by atoms with van der Waals surface area (Å²) < 4.78 is 10.8. The van der Waals surface area contributed by atoms with Gasteiger partial charge >= 0.3 is 11.9 Å². The van der Waals surface area contributed by atoms with Crippen LogP contribution in [0.25, 0.3) is 0 Å². The molecule has 0 aliphatic carbocycles. The first-order chi connectivity index (χ1) is 18.6. The number of esters is 2. The van der Waals surface area contributed by atoms with Gasteiger partial charge in [0, 0.05) is 25.3 Å². The van der Waals surface area contributed by atoms with E-state index < -0.39 is 0 Å². The molecule has 0 saturated carbocycles. The number of benzene rings is 3. The minimum atomic E-state index is -0.200. The van der Waals surface area contributed by atoms with Crippen LogP contribution in [0.5, 0.6) is 11.5 Å². The third-order valence-electron chi connectivity index (χ3n) is 5.75. The van der Waals surface area contributed by atoms with Crippen LogP contribution in [0.1, 0.15) is 76.3 Å². The summed E-state index contributed by atoms with van der Waals surface area (Å²) in [6.07, 6.45) is 10.3. The largest absolute Gasteiger partial charge is 0.427 e. The Morgan fingerprint density at radius 3 is 1.45 bits per heavy atom. The van der Waals surface area contributed by atoms with Crippen molar-refractivity contribution in [1.29, 1.82) is 0 Å². The maximum atomic E-state index is 11.9. The lowest BCUT2D eigenvalue weighted by molar-refractivity contribution is -0.135. The molecule has 38 heavy (non-hydrogen) atoms. The normalized spacial score (nSPS) is 11.2. The summed E-state index contributed by atoms with van der Waals surface area (Å²) in [5.41, 5.74) is 3.35. The second kappa shape index (κ2) is 15.9. The molecule has 0 amide bonds. The molecule has 3 aromatic carbocycles. The average Bonchev–Trinajstić information content (AvgIpc) is 2.93. The highest BCUT2D eigenvalue weighted by atomic mass is 16.5. The Balaban J connectivity index is 1.52. The highest BCUT2D eigenvalue weighted by Gasteiger charge is 2.05. The Kier molecular flexibility index (Phi) is 11.9. The molecule has 0 heterocycles. The molecule has 3 rings (SSSR count). The van der Waals surface area contributed by atoms with E-state index in [9.17, 15) is 9.59 Å². The molecule has 0 aliphatic heterocycles. The van der Waals surface area contributed by atoms with E-state index in [1.165, 1.54) is 0 Å². The first kappa shape index (κ1) is 28.5. The molecule has 0 fully saturated rings. The molecule has 198 valence electrons. The van der Waals surface area contributed by atoms with Crippen molar-refractivity contribution in [1.82, 2.24) is 0 Å². The fourth-order valence-corrected chi connectivity index (χ4v) is 3.60. The van der Waals surface area contributed by atoms with Crippen LogP contribution < -0.4 is 9.47 Å². The monoisotopic (exact) mass is 512 g/mol. The second-order valence-electron chi connectivity index (χ2n) is 9.04. The number of ether oxygens (including phenoxy) is 2. The topological polar surface area (TPSA) is 77.3 Å². The molecule has 0 aliphatic rings. The Morgan fingerprint density at radius 1 is 0.632 bits per heavy atom. The quantitative estimate of drug-likeness (QED) is 0.0945. The van der Waals surface area contributed by atoms with Crippen LogP contribution in [-0.4, -0.2) is 24.4 Å². The summed E-state index contributed by atoms with van der Waals surface area (Å²) in [6, 6.07) is 22.2. The number of aliphatic imine (C=N–C) groups is 2. The van der Waals surface area contributed by atoms with Crippen molar-refractivity contribution < 1.29 is 19.1 Å². The average molecular weight is 513 g/mol. The number of carbonyl (C=O) groups excluding carboxylic acids is 2. The summed E-state index contributed by atoms with van der Waals surface area (Å²) >= 11 is 0. The van der Waals surface area contributed by atoms with Crippen molar-refractivity contribution in [3.8, 4) is 11.5 Å². The second-order valence-corrected chi connectivity index (χ2v) is 9.04. The summed E-state index contributed by atoms with van der Waals surface area (Å²) in [5, 5.41) is 0. The van der Waals surface area contributed by atoms with Crippen molar-refractivity contribution >= 4 is 35.7 Å². The van der Waals surface area contributed by atoms with Crippen molar-refractivity contribution in [2.75, 3.05) is 0 Å². The Bertz CT molecular complexity index is 1120. The van der Waals surface area contributed by atoms with E-state index >= 15 is 0 Å². The number of hydrogen-bond donors (Lipinski definition) is 0. The number of unbranched alkanes of at least 4 members (excludes halogenated alkanes) is 4. The van der Waals surface area contributed by atoms with Gasteiger partial charge in [-0.2, -0.15) is 0 Å². The zero-order valence-corrected chi connectivity index (χ0v) is 22.3. The molecule has 0 aromatic heterocycles. The smallest absolute Gasteiger partial charge is 0.311 e. The van der Waals surface area contributed by atoms with E-state index in [1.807, 2.05) is 48.5 Å². The van der Waals surface area contributed by atoms with Crippen LogP contribution in [0.4, 0.5) is 11.4 Å². The molecule has 0 atom stereocenters. The van der Waals surface area contributed by atoms with Gasteiger partial charge in [0.1, 0.15) is 11.5 Å². The van der Waals surface area contributed by atoms with Crippen LogP contribution >= 0.6 is 0 Å². The van der Waals surface area contributed by atoms with Crippen molar-refractivity contribution in [2.45, 2.75) is 65.2 Å². The molecular weight excluding hydrogens is 476 g/mol. The lowest BCUT2D eigenvalue weighted by atomic mass is 10.2. The molecule has 6 heteroatoms. The van der Waals surface area contributed by atoms with Gasteiger partial charge in [-0.15, -0.1) is 0 Å². The molecule has 6 nitrogen and oxygen atoms in total. The maximum Gasteiger partial charge on any atom is 0.311 e. The van der Waals surface area contributed by atoms with Crippen LogP contribution in [0.2, 0.25) is 0 Å². The molecule has 0 unspecified atom stereocenters. The fraction of sp³-hybridized carbons (Fsp3) is 0.312. The molecular formula is C32H36N2O4. The summed E-state index contributed by atoms with van der Waals surface area (Å²) in [6.45, 7) is 4.21. The van der Waals surface area contributed by atoms with Gasteiger partial charge in [0.15, 0.2) is 0 Å². The first-order valence-electron chi connectivity index (χ1n) is 13.4. The highest BCUT2D eigenvalue weighted by molar-refractivity contribution is 5.84. The van der Waals surface area contributed by atoms with Crippen LogP contribution in [0, 0.1) is 0 Å². The van der Waals surface area contributed by atoms with Gasteiger partial charge in [0.25, 0.3) is 0 Å². The number of hydrogen-bond acceptors (Lipinski definition) is 6. The zero-order chi connectivity index (χ0) is 27.0. The molecule has 0 saturated heterocycles. The number of nitrogens with zero attached hydrogens (tertiary/aromatic N) is 2. The van der Waals surface area contributed by atoms with Gasteiger partial charge in [-0.3, -0.25) is 19.6 Å². The zero-order valence-electron chi connectivity index (χ0n) is 22.3. The molecule has 0 bridgehead atoms. The number of carbonyl (C=O) groups is 2. The minimum absolute atomic E-state index is 0.200. The Morgan fingerprint density at radius 2 is 1.05 bits per heavy atom. The summed E-state index contributed by atoms with van der Waals surface area (Å²) in [5.74, 6) is 0.681. The van der Waals surface area contributed by atoms with Crippen LogP contribution in [0.15, 0.2) is 82.8 Å². The van der Waals surface area contributed by atoms with E-state index in [4.69, 9.17) is 9.47 Å². The molecule has 0 spiro atoms. The highest BCUT2D eigenvalue weighted by Crippen LogP contribution is 2.21. The summed E-state index contributed by atoms with van der Waals surface area (Å²) in [4.78, 5) is 32.8. The lowest BCUT2D eigenvalue weighted by Gasteiger charge is -2.04. The van der Waals surface area contributed by atoms with Gasteiger partial charge in [-0.05, 0) is 90.7 Å². The SMILES string of the molecule is CCCCCC(=O)Oc1ccc(C=Nc2cccc(N=Cc3ccc(OC(=O)CCCCC)cc3)c2)cc1. The van der Waals surface area contributed by atoms with E-state index in [0.29, 0.717) is 24.3 Å². The minimum Gasteiger partial charge on any atom is -0.427 e. The van der Waals surface area contributed by atoms with Crippen LogP contribution in [0.3, 0.4) is 0 Å². The fourth-order valence-electron chi connectivity index (χ4n) is 3.60. The van der Waals surface area contributed by atoms with Gasteiger partial charge in [-0.25, -0.2) is 0 Å². The van der Waals surface area contributed by atoms with Gasteiger partial charge in [0.2, 0.25) is 0 Å². The Labute approximate surface area is 225 Å². The third-order valence-corrected chi connectivity index (χ3v) is 5.75. The standard InChI is InChI=1S/C32H36N2O4/c1-3-5-7-12-31(35)37-29-18-14-25(15-19-29)23-33-27-10-9-11-28(22-27)34-24-26-16-20-30(21-17-26)38-32(36)13-8-6-4-2/h9-11,14-24H,3-8,12-13H2,1-2H3. The molecule has 0 radical (unpaired) electrons. The molecule has 0 N–H and O–H groups in total. The van der Waals surface area contributed by atoms with E-state index in [2.05, 4.69) is 23.8 Å². The van der Waals surface area contributed by atoms with Gasteiger partial charge < -0.3 is 9.47 Å². The van der Waals surface area contributed by atoms with Crippen LogP contribution in [-0.2, 0) is 9.59 Å². The van der Waals surface area contributed by atoms with Gasteiger partial charge in [0.05, 0.1) is 11.4 Å². The third kappa shape index (κ3) is 10.5. The maximum absolute atomic E-state index is 11.9. The number of rotatable bonds is 14. The van der Waals surface area contributed by atoms with Crippen molar-refractivity contribution in [3.05, 3.63) is 83.9 Å². The van der Waals surface area contributed by atoms with Crippen molar-refractivity contribution in [3.63, 3.8) is 0 Å². The van der Waals surface area contributed by atoms with E-state index in [1.54, 1.807) is 36.7 Å². The predicted molar refractivity (Wildman–Crippen MR) is 153 cm³/mol. The predicted octanol–water partition coefficient (Wildman–Crippen LogP) is 8.16. The van der Waals surface area contributed by atoms with Crippen molar-refractivity contribution in [2.24, 2.45) is 9.98 Å². The van der Waals surface area contributed by atoms with Gasteiger partial charge in [-0.1, -0.05) is 45.6 Å². The Hall–Kier alpha value is -4.06. The first-order valence-corrected chi connectivity index (χ1v) is 13.4. The summed E-state index contributed by atoms with van der Waals surface area (Å²) in [7, 11) is 0. The molecule has 3 aromatic rings. The van der Waals surface area contributed by atoms with E-state index in [-0.39, 0.29) is 11.9 Å². The van der Waals surface area contributed by atoms with E-state index in [0.717, 1.165) is 61.0 Å². The lowest BCUT2D eigenvalue weighted by Crippen LogP contribution is -2.07.